The van der Waals surface area contributed by atoms with Crippen LogP contribution in [0.4, 0.5) is 0 Å². The van der Waals surface area contributed by atoms with Crippen LogP contribution in [-0.2, 0) is 11.8 Å². The van der Waals surface area contributed by atoms with E-state index in [2.05, 4.69) is 15.7 Å². The van der Waals surface area contributed by atoms with Gasteiger partial charge in [-0.15, -0.1) is 0 Å². The molecule has 0 spiro atoms. The number of nitrogens with zero attached hydrogens (tertiary/aromatic N) is 3. The van der Waals surface area contributed by atoms with Crippen LogP contribution in [0.1, 0.15) is 24.5 Å². The van der Waals surface area contributed by atoms with Gasteiger partial charge in [0, 0.05) is 44.6 Å². The molecule has 4 heteroatoms. The van der Waals surface area contributed by atoms with E-state index in [9.17, 15) is 0 Å². The number of aromatic nitrogens is 3. The van der Waals surface area contributed by atoms with E-state index in [4.69, 9.17) is 4.74 Å². The zero-order valence-corrected chi connectivity index (χ0v) is 8.89. The van der Waals surface area contributed by atoms with Crippen molar-refractivity contribution in [3.8, 4) is 0 Å². The van der Waals surface area contributed by atoms with Crippen LogP contribution < -0.4 is 0 Å². The summed E-state index contributed by atoms with van der Waals surface area (Å²) in [5.41, 5.74) is 2.38. The van der Waals surface area contributed by atoms with Crippen molar-refractivity contribution in [3.63, 3.8) is 0 Å². The fourth-order valence-corrected chi connectivity index (χ4v) is 2.21. The van der Waals surface area contributed by atoms with Crippen molar-refractivity contribution in [3.05, 3.63) is 24.2 Å². The van der Waals surface area contributed by atoms with Gasteiger partial charge in [0.2, 0.25) is 0 Å². The van der Waals surface area contributed by atoms with Crippen LogP contribution in [0.5, 0.6) is 0 Å². The van der Waals surface area contributed by atoms with Gasteiger partial charge in [0.05, 0.1) is 5.69 Å². The summed E-state index contributed by atoms with van der Waals surface area (Å²) in [5, 5.41) is 4.60. The Hall–Kier alpha value is -1.29. The van der Waals surface area contributed by atoms with Gasteiger partial charge in [-0.1, -0.05) is 0 Å². The molecule has 0 radical (unpaired) electrons. The average Bonchev–Trinajstić information content (AvgIpc) is 2.83. The highest BCUT2D eigenvalue weighted by Gasteiger charge is 2.19. The smallest absolute Gasteiger partial charge is 0.135 e. The highest BCUT2D eigenvalue weighted by Crippen LogP contribution is 2.26. The van der Waals surface area contributed by atoms with Gasteiger partial charge in [-0.25, -0.2) is 4.52 Å². The van der Waals surface area contributed by atoms with Crippen LogP contribution in [0.25, 0.3) is 5.65 Å². The first-order valence-electron chi connectivity index (χ1n) is 5.43. The number of ether oxygens (including phenoxy) is 1. The number of rotatable bonds is 1. The van der Waals surface area contributed by atoms with E-state index in [1.807, 2.05) is 24.0 Å². The lowest BCUT2D eigenvalue weighted by Crippen LogP contribution is -2.14. The van der Waals surface area contributed by atoms with Crippen LogP contribution in [0.15, 0.2) is 18.5 Å². The molecular weight excluding hydrogens is 190 g/mol. The third-order valence-electron chi connectivity index (χ3n) is 3.17. The molecule has 0 N–H and O–H groups in total. The van der Waals surface area contributed by atoms with Crippen molar-refractivity contribution >= 4 is 5.65 Å². The van der Waals surface area contributed by atoms with Crippen molar-refractivity contribution in [2.24, 2.45) is 7.05 Å². The SMILES string of the molecule is Cn1ccn2nc(C3CCOCC3)cc12. The number of hydrogen-bond donors (Lipinski definition) is 0. The lowest BCUT2D eigenvalue weighted by Gasteiger charge is -2.19. The minimum Gasteiger partial charge on any atom is -0.381 e. The Kier molecular flexibility index (Phi) is 2.02. The second-order valence-corrected chi connectivity index (χ2v) is 4.17. The molecule has 0 amide bonds. The predicted molar refractivity (Wildman–Crippen MR) is 57.0 cm³/mol. The molecule has 0 saturated carbocycles. The van der Waals surface area contributed by atoms with E-state index in [1.54, 1.807) is 0 Å². The van der Waals surface area contributed by atoms with Crippen molar-refractivity contribution in [1.82, 2.24) is 14.2 Å². The highest BCUT2D eigenvalue weighted by atomic mass is 16.5. The second kappa shape index (κ2) is 3.38. The molecule has 1 saturated heterocycles. The molecule has 15 heavy (non-hydrogen) atoms. The van der Waals surface area contributed by atoms with Gasteiger partial charge in [-0.2, -0.15) is 5.10 Å². The number of fused-ring (bicyclic) bond motifs is 1. The predicted octanol–water partition coefficient (Wildman–Crippen LogP) is 1.57. The van der Waals surface area contributed by atoms with Crippen LogP contribution in [0.3, 0.4) is 0 Å². The Labute approximate surface area is 88.5 Å². The van der Waals surface area contributed by atoms with E-state index in [0.29, 0.717) is 5.92 Å². The van der Waals surface area contributed by atoms with Gasteiger partial charge in [0.25, 0.3) is 0 Å². The zero-order valence-electron chi connectivity index (χ0n) is 8.89. The quantitative estimate of drug-likeness (QED) is 0.707. The van der Waals surface area contributed by atoms with E-state index in [-0.39, 0.29) is 0 Å². The van der Waals surface area contributed by atoms with E-state index < -0.39 is 0 Å². The minimum absolute atomic E-state index is 0.582. The summed E-state index contributed by atoms with van der Waals surface area (Å²) in [6.07, 6.45) is 6.22. The first kappa shape index (κ1) is 8.97. The number of aryl methyl sites for hydroxylation is 1. The Bertz CT molecular complexity index is 465. The topological polar surface area (TPSA) is 31.5 Å². The Balaban J connectivity index is 1.96. The summed E-state index contributed by atoms with van der Waals surface area (Å²) in [6, 6.07) is 2.19. The van der Waals surface area contributed by atoms with Gasteiger partial charge in [0.15, 0.2) is 0 Å². The molecule has 0 bridgehead atoms. The summed E-state index contributed by atoms with van der Waals surface area (Å²) < 4.78 is 9.40. The summed E-state index contributed by atoms with van der Waals surface area (Å²) in [6.45, 7) is 1.75. The molecule has 2 aromatic heterocycles. The molecule has 1 aliphatic rings. The summed E-state index contributed by atoms with van der Waals surface area (Å²) in [7, 11) is 2.05. The van der Waals surface area contributed by atoms with Gasteiger partial charge in [-0.3, -0.25) is 0 Å². The molecule has 80 valence electrons. The molecule has 1 aliphatic heterocycles. The molecule has 3 heterocycles. The van der Waals surface area contributed by atoms with Gasteiger partial charge in [-0.05, 0) is 12.8 Å². The third kappa shape index (κ3) is 1.45. The molecule has 0 aliphatic carbocycles. The van der Waals surface area contributed by atoms with Crippen LogP contribution in [-0.4, -0.2) is 27.4 Å². The second-order valence-electron chi connectivity index (χ2n) is 4.17. The van der Waals surface area contributed by atoms with Crippen molar-refractivity contribution in [2.75, 3.05) is 13.2 Å². The van der Waals surface area contributed by atoms with Crippen LogP contribution in [0.2, 0.25) is 0 Å². The molecule has 4 nitrogen and oxygen atoms in total. The first-order chi connectivity index (χ1) is 7.34. The molecular formula is C11H15N3O. The average molecular weight is 205 g/mol. The van der Waals surface area contributed by atoms with Crippen molar-refractivity contribution in [1.29, 1.82) is 0 Å². The van der Waals surface area contributed by atoms with Crippen LogP contribution >= 0.6 is 0 Å². The molecule has 0 unspecified atom stereocenters. The van der Waals surface area contributed by atoms with E-state index in [0.717, 1.165) is 31.7 Å². The lowest BCUT2D eigenvalue weighted by atomic mass is 9.97. The largest absolute Gasteiger partial charge is 0.381 e. The number of imidazole rings is 1. The maximum absolute atomic E-state index is 5.36. The van der Waals surface area contributed by atoms with E-state index >= 15 is 0 Å². The van der Waals surface area contributed by atoms with Gasteiger partial charge >= 0.3 is 0 Å². The fraction of sp³-hybridized carbons (Fsp3) is 0.545. The monoisotopic (exact) mass is 205 g/mol. The normalized spacial score (nSPS) is 18.7. The molecule has 1 fully saturated rings. The lowest BCUT2D eigenvalue weighted by molar-refractivity contribution is 0.0844. The Morgan fingerprint density at radius 3 is 2.87 bits per heavy atom. The van der Waals surface area contributed by atoms with Gasteiger partial charge in [0.1, 0.15) is 5.65 Å². The molecule has 0 atom stereocenters. The summed E-state index contributed by atoms with van der Waals surface area (Å²) in [5.74, 6) is 0.582. The molecule has 2 aromatic rings. The molecule has 0 aromatic carbocycles. The zero-order chi connectivity index (χ0) is 10.3. The Morgan fingerprint density at radius 2 is 2.13 bits per heavy atom. The maximum Gasteiger partial charge on any atom is 0.135 e. The summed E-state index contributed by atoms with van der Waals surface area (Å²) >= 11 is 0. The first-order valence-corrected chi connectivity index (χ1v) is 5.43. The van der Waals surface area contributed by atoms with Gasteiger partial charge < -0.3 is 9.30 Å². The van der Waals surface area contributed by atoms with Crippen molar-refractivity contribution in [2.45, 2.75) is 18.8 Å². The highest BCUT2D eigenvalue weighted by molar-refractivity contribution is 5.41. The third-order valence-corrected chi connectivity index (χ3v) is 3.17. The van der Waals surface area contributed by atoms with Crippen LogP contribution in [0, 0.1) is 0 Å². The van der Waals surface area contributed by atoms with E-state index in [1.165, 1.54) is 5.69 Å². The minimum atomic E-state index is 0.582. The summed E-state index contributed by atoms with van der Waals surface area (Å²) in [4.78, 5) is 0. The standard InChI is InChI=1S/C11H15N3O/c1-13-4-5-14-11(13)8-10(12-14)9-2-6-15-7-3-9/h4-5,8-9H,2-3,6-7H2,1H3. The molecule has 3 rings (SSSR count). The fourth-order valence-electron chi connectivity index (χ4n) is 2.21. The number of hydrogen-bond acceptors (Lipinski definition) is 2. The maximum atomic E-state index is 5.36. The van der Waals surface area contributed by atoms with Crippen molar-refractivity contribution < 1.29 is 4.74 Å². The Morgan fingerprint density at radius 1 is 1.33 bits per heavy atom.